The van der Waals surface area contributed by atoms with Gasteiger partial charge in [0, 0.05) is 56.7 Å². The van der Waals surface area contributed by atoms with Crippen molar-refractivity contribution in [2.75, 3.05) is 0 Å². The number of aromatic nitrogens is 2. The molecular formula is C60H55BN2. The van der Waals surface area contributed by atoms with Crippen molar-refractivity contribution in [2.24, 2.45) is 0 Å². The van der Waals surface area contributed by atoms with Crippen molar-refractivity contribution >= 4 is 77.9 Å². The maximum Gasteiger partial charge on any atom is 0.242 e. The van der Waals surface area contributed by atoms with E-state index in [1.165, 1.54) is 127 Å². The third-order valence-corrected chi connectivity index (χ3v) is 13.7. The van der Waals surface area contributed by atoms with E-state index in [1.54, 1.807) is 0 Å². The Morgan fingerprint density at radius 2 is 0.730 bits per heavy atom. The molecule has 0 aliphatic rings. The molecule has 0 aliphatic carbocycles. The first-order chi connectivity index (χ1) is 30.6. The van der Waals surface area contributed by atoms with E-state index in [1.807, 2.05) is 0 Å². The Balaban J connectivity index is 1.27. The number of benzene rings is 8. The summed E-state index contributed by atoms with van der Waals surface area (Å²) in [5.41, 5.74) is 24.4. The second-order valence-electron chi connectivity index (χ2n) is 17.8. The largest absolute Gasteiger partial charge is 0.341 e. The van der Waals surface area contributed by atoms with Crippen molar-refractivity contribution in [3.8, 4) is 0 Å². The van der Waals surface area contributed by atoms with E-state index in [-0.39, 0.29) is 6.71 Å². The van der Waals surface area contributed by atoms with Gasteiger partial charge in [-0.2, -0.15) is 0 Å². The molecule has 0 saturated heterocycles. The summed E-state index contributed by atoms with van der Waals surface area (Å²) >= 11 is 0. The Morgan fingerprint density at radius 1 is 0.365 bits per heavy atom. The van der Waals surface area contributed by atoms with Crippen LogP contribution in [0, 0.1) is 41.5 Å². The zero-order valence-corrected chi connectivity index (χ0v) is 38.0. The first-order valence-electron chi connectivity index (χ1n) is 22.7. The summed E-state index contributed by atoms with van der Waals surface area (Å²) < 4.78 is 4.90. The summed E-state index contributed by atoms with van der Waals surface area (Å²) in [5.74, 6) is 0. The van der Waals surface area contributed by atoms with E-state index in [2.05, 4.69) is 228 Å². The summed E-state index contributed by atoms with van der Waals surface area (Å²) in [6, 6.07) is 62.2. The van der Waals surface area contributed by atoms with Crippen LogP contribution in [-0.4, -0.2) is 15.8 Å². The minimum atomic E-state index is 0.0936. The lowest BCUT2D eigenvalue weighted by atomic mass is 9.34. The molecule has 2 aromatic heterocycles. The summed E-state index contributed by atoms with van der Waals surface area (Å²) in [6.07, 6.45) is 0. The highest BCUT2D eigenvalue weighted by Crippen LogP contribution is 2.41. The quantitative estimate of drug-likeness (QED) is 0.101. The molecule has 2 heterocycles. The highest BCUT2D eigenvalue weighted by molar-refractivity contribution is 6.96. The molecule has 10 rings (SSSR count). The van der Waals surface area contributed by atoms with Crippen molar-refractivity contribution < 1.29 is 0 Å². The van der Waals surface area contributed by atoms with Crippen LogP contribution in [0.1, 0.15) is 69.5 Å². The van der Waals surface area contributed by atoms with Crippen molar-refractivity contribution in [3.63, 3.8) is 0 Å². The van der Waals surface area contributed by atoms with Gasteiger partial charge in [-0.3, -0.25) is 0 Å². The molecule has 0 atom stereocenters. The lowest BCUT2D eigenvalue weighted by molar-refractivity contribution is 0.827. The van der Waals surface area contributed by atoms with Gasteiger partial charge in [0.1, 0.15) is 0 Å². The smallest absolute Gasteiger partial charge is 0.242 e. The molecule has 0 amide bonds. The first kappa shape index (κ1) is 40.2. The van der Waals surface area contributed by atoms with Crippen LogP contribution in [0.3, 0.4) is 0 Å². The number of rotatable bonds is 9. The average Bonchev–Trinajstić information content (AvgIpc) is 3.78. The summed E-state index contributed by atoms with van der Waals surface area (Å²) in [4.78, 5) is 0. The van der Waals surface area contributed by atoms with Crippen LogP contribution in [0.4, 0.5) is 0 Å². The van der Waals surface area contributed by atoms with Crippen LogP contribution < -0.4 is 16.4 Å². The molecule has 2 nitrogen and oxygen atoms in total. The number of aryl methyl sites for hydroxylation is 8. The maximum atomic E-state index is 2.46. The number of para-hydroxylation sites is 2. The van der Waals surface area contributed by atoms with Crippen LogP contribution in [0.5, 0.6) is 0 Å². The molecule has 10 aromatic rings. The van der Waals surface area contributed by atoms with Crippen LogP contribution in [0.25, 0.3) is 54.8 Å². The van der Waals surface area contributed by atoms with Crippen molar-refractivity contribution in [1.29, 1.82) is 0 Å². The number of hydrogen-bond donors (Lipinski definition) is 0. The SMILES string of the molecule is CCn1c2ccccc2c2cc(/C(=C(\c3ccc(B(c4c(C)cc(C)cc4C)c4c(C)cc(C)cc4C)cc3)c3ccc4c(c3)c3ccccc3n4CC)c3ccccc3)ccc21. The van der Waals surface area contributed by atoms with Gasteiger partial charge in [0.25, 0.3) is 0 Å². The summed E-state index contributed by atoms with van der Waals surface area (Å²) in [5, 5.41) is 5.14. The molecule has 308 valence electrons. The highest BCUT2D eigenvalue weighted by atomic mass is 15.0. The normalized spacial score (nSPS) is 12.2. The summed E-state index contributed by atoms with van der Waals surface area (Å²) in [7, 11) is 0. The van der Waals surface area contributed by atoms with E-state index < -0.39 is 0 Å². The maximum absolute atomic E-state index is 2.46. The zero-order valence-electron chi connectivity index (χ0n) is 38.0. The molecule has 8 aromatic carbocycles. The molecule has 0 N–H and O–H groups in total. The molecule has 0 aliphatic heterocycles. The summed E-state index contributed by atoms with van der Waals surface area (Å²) in [6.45, 7) is 20.0. The molecule has 0 saturated carbocycles. The van der Waals surface area contributed by atoms with Crippen molar-refractivity contribution in [3.05, 3.63) is 219 Å². The van der Waals surface area contributed by atoms with Crippen molar-refractivity contribution in [2.45, 2.75) is 68.5 Å². The third-order valence-electron chi connectivity index (χ3n) is 13.7. The molecule has 0 unspecified atom stereocenters. The van der Waals surface area contributed by atoms with Crippen LogP contribution in [0.15, 0.2) is 164 Å². The number of nitrogens with zero attached hydrogens (tertiary/aromatic N) is 2. The molecule has 0 spiro atoms. The van der Waals surface area contributed by atoms with E-state index in [0.717, 1.165) is 13.1 Å². The Bertz CT molecular complexity index is 3310. The van der Waals surface area contributed by atoms with Gasteiger partial charge >= 0.3 is 0 Å². The monoisotopic (exact) mass is 814 g/mol. The second kappa shape index (κ2) is 16.1. The van der Waals surface area contributed by atoms with Gasteiger partial charge in [0.15, 0.2) is 0 Å². The van der Waals surface area contributed by atoms with Gasteiger partial charge in [0.05, 0.1) is 0 Å². The fourth-order valence-electron chi connectivity index (χ4n) is 11.2. The molecule has 0 bridgehead atoms. The van der Waals surface area contributed by atoms with Crippen LogP contribution >= 0.6 is 0 Å². The van der Waals surface area contributed by atoms with Crippen molar-refractivity contribution in [1.82, 2.24) is 9.13 Å². The Hall–Kier alpha value is -6.84. The average molecular weight is 815 g/mol. The third kappa shape index (κ3) is 6.82. The minimum absolute atomic E-state index is 0.0936. The van der Waals surface area contributed by atoms with E-state index >= 15 is 0 Å². The lowest BCUT2D eigenvalue weighted by Gasteiger charge is -2.25. The minimum Gasteiger partial charge on any atom is -0.341 e. The Labute approximate surface area is 373 Å². The second-order valence-corrected chi connectivity index (χ2v) is 17.8. The fourth-order valence-corrected chi connectivity index (χ4v) is 11.2. The van der Waals surface area contributed by atoms with E-state index in [9.17, 15) is 0 Å². The molecule has 0 fully saturated rings. The number of fused-ring (bicyclic) bond motifs is 6. The van der Waals surface area contributed by atoms with Crippen LogP contribution in [-0.2, 0) is 13.1 Å². The standard InChI is InChI=1S/C60H55BN2/c1-9-62-53-22-16-14-20-49(53)51-36-46(26-30-55(51)62)57(44-18-12-11-13-19-44)58(47-27-31-56-52(37-47)50-21-15-17-23-54(50)63(56)10-2)45-24-28-48(29-25-45)61(59-40(5)32-38(3)33-41(59)6)60-42(7)34-39(4)35-43(60)8/h11-37H,9-10H2,1-8H3/b58-57+. The lowest BCUT2D eigenvalue weighted by Crippen LogP contribution is -2.55. The highest BCUT2D eigenvalue weighted by Gasteiger charge is 2.29. The van der Waals surface area contributed by atoms with E-state index in [0.29, 0.717) is 0 Å². The molecule has 0 radical (unpaired) electrons. The van der Waals surface area contributed by atoms with Crippen LogP contribution in [0.2, 0.25) is 0 Å². The van der Waals surface area contributed by atoms with Gasteiger partial charge < -0.3 is 9.13 Å². The Morgan fingerprint density at radius 3 is 1.16 bits per heavy atom. The predicted octanol–water partition coefficient (Wildman–Crippen LogP) is 13.3. The van der Waals surface area contributed by atoms with Gasteiger partial charge in [-0.05, 0) is 125 Å². The number of hydrogen-bond acceptors (Lipinski definition) is 0. The fraction of sp³-hybridized carbons (Fsp3) is 0.167. The van der Waals surface area contributed by atoms with Gasteiger partial charge in [-0.25, -0.2) is 0 Å². The first-order valence-corrected chi connectivity index (χ1v) is 22.7. The van der Waals surface area contributed by atoms with Gasteiger partial charge in [-0.1, -0.05) is 177 Å². The molecular weight excluding hydrogens is 759 g/mol. The van der Waals surface area contributed by atoms with E-state index in [4.69, 9.17) is 0 Å². The topological polar surface area (TPSA) is 9.86 Å². The predicted molar refractivity (Wildman–Crippen MR) is 274 cm³/mol. The zero-order chi connectivity index (χ0) is 43.5. The molecule has 63 heavy (non-hydrogen) atoms. The Kier molecular flexibility index (Phi) is 10.3. The van der Waals surface area contributed by atoms with Gasteiger partial charge in [-0.15, -0.1) is 0 Å². The van der Waals surface area contributed by atoms with Gasteiger partial charge in [0.2, 0.25) is 6.71 Å². The molecule has 3 heteroatoms.